The fourth-order valence-corrected chi connectivity index (χ4v) is 2.86. The number of carbonyl (C=O) groups is 1. The Hall–Kier alpha value is -3.45. The molecule has 146 valence electrons. The molecule has 29 heavy (non-hydrogen) atoms. The lowest BCUT2D eigenvalue weighted by Crippen LogP contribution is -2.08. The molecular weight excluding hydrogens is 399 g/mol. The van der Waals surface area contributed by atoms with Gasteiger partial charge in [-0.25, -0.2) is 9.18 Å². The lowest BCUT2D eigenvalue weighted by molar-refractivity contribution is 0.0245. The minimum absolute atomic E-state index is 0.0186. The Morgan fingerprint density at radius 1 is 1.03 bits per heavy atom. The van der Waals surface area contributed by atoms with Gasteiger partial charge in [0.05, 0.1) is 5.02 Å². The first-order valence-electron chi connectivity index (χ1n) is 8.66. The molecule has 6 nitrogen and oxygen atoms in total. The van der Waals surface area contributed by atoms with Gasteiger partial charge < -0.3 is 13.6 Å². The van der Waals surface area contributed by atoms with E-state index in [0.717, 1.165) is 0 Å². The summed E-state index contributed by atoms with van der Waals surface area (Å²) in [6.07, 6.45) is -0.807. The lowest BCUT2D eigenvalue weighted by atomic mass is 10.2. The van der Waals surface area contributed by atoms with Crippen LogP contribution in [0.4, 0.5) is 4.39 Å². The van der Waals surface area contributed by atoms with Gasteiger partial charge in [-0.15, -0.1) is 10.2 Å². The van der Waals surface area contributed by atoms with Crippen molar-refractivity contribution in [3.8, 4) is 22.8 Å². The summed E-state index contributed by atoms with van der Waals surface area (Å²) in [5.74, 6) is -0.281. The summed E-state index contributed by atoms with van der Waals surface area (Å²) in [4.78, 5) is 12.4. The fraction of sp³-hybridized carbons (Fsp3) is 0.0952. The van der Waals surface area contributed by atoms with Gasteiger partial charge in [0.2, 0.25) is 11.7 Å². The highest BCUT2D eigenvalue weighted by molar-refractivity contribution is 6.33. The predicted octanol–water partition coefficient (Wildman–Crippen LogP) is 5.71. The van der Waals surface area contributed by atoms with Gasteiger partial charge in [-0.2, -0.15) is 0 Å². The van der Waals surface area contributed by atoms with Gasteiger partial charge in [0.15, 0.2) is 6.10 Å². The normalized spacial score (nSPS) is 12.0. The molecule has 0 amide bonds. The molecule has 0 aliphatic rings. The van der Waals surface area contributed by atoms with E-state index in [1.807, 2.05) is 6.07 Å². The number of hydrogen-bond acceptors (Lipinski definition) is 6. The zero-order chi connectivity index (χ0) is 20.4. The topological polar surface area (TPSA) is 78.4 Å². The third-order valence-electron chi connectivity index (χ3n) is 4.11. The van der Waals surface area contributed by atoms with E-state index in [2.05, 4.69) is 10.2 Å². The molecule has 0 N–H and O–H groups in total. The second kappa shape index (κ2) is 7.89. The molecule has 0 aliphatic heterocycles. The van der Waals surface area contributed by atoms with Crippen molar-refractivity contribution in [1.29, 1.82) is 0 Å². The van der Waals surface area contributed by atoms with Crippen molar-refractivity contribution < 1.29 is 22.8 Å². The number of nitrogens with zero attached hydrogens (tertiary/aromatic N) is 2. The molecule has 0 spiro atoms. The summed E-state index contributed by atoms with van der Waals surface area (Å²) in [6, 6.07) is 15.9. The van der Waals surface area contributed by atoms with Crippen molar-refractivity contribution in [1.82, 2.24) is 10.2 Å². The van der Waals surface area contributed by atoms with Crippen LogP contribution in [-0.2, 0) is 4.74 Å². The molecular formula is C21H14ClFN2O4. The van der Waals surface area contributed by atoms with E-state index in [-0.39, 0.29) is 23.4 Å². The minimum atomic E-state index is -0.807. The van der Waals surface area contributed by atoms with E-state index in [0.29, 0.717) is 21.9 Å². The largest absolute Gasteiger partial charge is 0.449 e. The molecule has 1 atom stereocenters. The van der Waals surface area contributed by atoms with E-state index < -0.39 is 12.1 Å². The summed E-state index contributed by atoms with van der Waals surface area (Å²) >= 11 is 6.15. The number of rotatable bonds is 5. The maximum Gasteiger partial charge on any atom is 0.375 e. The van der Waals surface area contributed by atoms with Crippen molar-refractivity contribution in [3.63, 3.8) is 0 Å². The third kappa shape index (κ3) is 4.05. The number of halogens is 2. The van der Waals surface area contributed by atoms with Crippen LogP contribution in [0.25, 0.3) is 22.8 Å². The molecule has 0 radical (unpaired) electrons. The first-order chi connectivity index (χ1) is 14.0. The molecule has 0 unspecified atom stereocenters. The number of benzene rings is 2. The van der Waals surface area contributed by atoms with Gasteiger partial charge in [0.1, 0.15) is 11.6 Å². The van der Waals surface area contributed by atoms with E-state index in [1.54, 1.807) is 31.2 Å². The van der Waals surface area contributed by atoms with Crippen LogP contribution < -0.4 is 0 Å². The van der Waals surface area contributed by atoms with Crippen LogP contribution in [0.5, 0.6) is 0 Å². The monoisotopic (exact) mass is 412 g/mol. The van der Waals surface area contributed by atoms with Crippen LogP contribution in [0.2, 0.25) is 5.02 Å². The van der Waals surface area contributed by atoms with Crippen LogP contribution in [0, 0.1) is 5.82 Å². The number of hydrogen-bond donors (Lipinski definition) is 0. The van der Waals surface area contributed by atoms with Gasteiger partial charge in [0.25, 0.3) is 5.89 Å². The first-order valence-corrected chi connectivity index (χ1v) is 9.04. The molecule has 2 heterocycles. The average Bonchev–Trinajstić information content (AvgIpc) is 3.39. The molecule has 2 aromatic heterocycles. The predicted molar refractivity (Wildman–Crippen MR) is 103 cm³/mol. The van der Waals surface area contributed by atoms with E-state index in [9.17, 15) is 9.18 Å². The van der Waals surface area contributed by atoms with Crippen LogP contribution in [0.3, 0.4) is 0 Å². The Kier molecular flexibility index (Phi) is 5.14. The molecule has 4 rings (SSSR count). The van der Waals surface area contributed by atoms with Crippen LogP contribution in [-0.4, -0.2) is 16.2 Å². The van der Waals surface area contributed by atoms with Crippen molar-refractivity contribution in [2.75, 3.05) is 0 Å². The van der Waals surface area contributed by atoms with E-state index in [4.69, 9.17) is 25.2 Å². The van der Waals surface area contributed by atoms with Gasteiger partial charge in [-0.1, -0.05) is 23.7 Å². The molecule has 0 fully saturated rings. The Balaban J connectivity index is 1.46. The van der Waals surface area contributed by atoms with Gasteiger partial charge in [0, 0.05) is 11.1 Å². The Morgan fingerprint density at radius 3 is 2.55 bits per heavy atom. The minimum Gasteiger partial charge on any atom is -0.449 e. The molecule has 0 bridgehead atoms. The van der Waals surface area contributed by atoms with E-state index >= 15 is 0 Å². The Morgan fingerprint density at radius 2 is 1.79 bits per heavy atom. The molecule has 2 aromatic carbocycles. The fourth-order valence-electron chi connectivity index (χ4n) is 2.63. The second-order valence-electron chi connectivity index (χ2n) is 6.14. The highest BCUT2D eigenvalue weighted by Gasteiger charge is 2.22. The van der Waals surface area contributed by atoms with Crippen LogP contribution in [0.15, 0.2) is 69.5 Å². The highest BCUT2D eigenvalue weighted by Crippen LogP contribution is 2.30. The number of carbonyl (C=O) groups excluding carboxylic acids is 1. The SMILES string of the molecule is C[C@H](OC(=O)c1ccc(-c2ccccc2Cl)o1)c1nnc(-c2ccc(F)cc2)o1. The number of ether oxygens (including phenoxy) is 1. The number of aromatic nitrogens is 2. The molecule has 0 saturated heterocycles. The maximum atomic E-state index is 13.0. The van der Waals surface area contributed by atoms with Gasteiger partial charge in [-0.05, 0) is 55.5 Å². The zero-order valence-corrected chi connectivity index (χ0v) is 15.9. The van der Waals surface area contributed by atoms with Crippen molar-refractivity contribution in [2.24, 2.45) is 0 Å². The first kappa shape index (κ1) is 18.9. The third-order valence-corrected chi connectivity index (χ3v) is 4.44. The molecule has 0 saturated carbocycles. The number of esters is 1. The summed E-state index contributed by atoms with van der Waals surface area (Å²) in [6.45, 7) is 1.60. The summed E-state index contributed by atoms with van der Waals surface area (Å²) in [5.41, 5.74) is 1.22. The summed E-state index contributed by atoms with van der Waals surface area (Å²) in [5, 5.41) is 8.30. The Bertz CT molecular complexity index is 1150. The maximum absolute atomic E-state index is 13.0. The number of furan rings is 1. The van der Waals surface area contributed by atoms with Crippen molar-refractivity contribution in [2.45, 2.75) is 13.0 Å². The van der Waals surface area contributed by atoms with E-state index in [1.165, 1.54) is 30.3 Å². The quantitative estimate of drug-likeness (QED) is 0.391. The zero-order valence-electron chi connectivity index (χ0n) is 15.1. The van der Waals surface area contributed by atoms with Crippen LogP contribution in [0.1, 0.15) is 29.5 Å². The average molecular weight is 413 g/mol. The second-order valence-corrected chi connectivity index (χ2v) is 6.55. The van der Waals surface area contributed by atoms with Crippen molar-refractivity contribution in [3.05, 3.63) is 83.2 Å². The molecule has 0 aliphatic carbocycles. The summed E-state index contributed by atoms with van der Waals surface area (Å²) < 4.78 is 29.5. The smallest absolute Gasteiger partial charge is 0.375 e. The van der Waals surface area contributed by atoms with Gasteiger partial charge >= 0.3 is 5.97 Å². The standard InChI is InChI=1S/C21H14ClFN2O4/c1-12(19-24-25-20(29-19)13-6-8-14(23)9-7-13)27-21(26)18-11-10-17(28-18)15-4-2-3-5-16(15)22/h2-12H,1H3/t12-/m0/s1. The van der Waals surface area contributed by atoms with Gasteiger partial charge in [-0.3, -0.25) is 0 Å². The van der Waals surface area contributed by atoms with Crippen LogP contribution >= 0.6 is 11.6 Å². The molecule has 4 aromatic rings. The Labute approximate surface area is 169 Å². The molecule has 8 heteroatoms. The summed E-state index contributed by atoms with van der Waals surface area (Å²) in [7, 11) is 0. The lowest BCUT2D eigenvalue weighted by Gasteiger charge is -2.07. The van der Waals surface area contributed by atoms with Crippen molar-refractivity contribution >= 4 is 17.6 Å². The highest BCUT2D eigenvalue weighted by atomic mass is 35.5.